The van der Waals surface area contributed by atoms with Crippen molar-refractivity contribution in [2.24, 2.45) is 0 Å². The van der Waals surface area contributed by atoms with Crippen LogP contribution in [0.4, 0.5) is 0 Å². The molecule has 2 heterocycles. The molecule has 5 heteroatoms. The third kappa shape index (κ3) is 1.83. The fourth-order valence-corrected chi connectivity index (χ4v) is 2.07. The number of hydrogen-bond acceptors (Lipinski definition) is 4. The molecule has 0 amide bonds. The zero-order valence-electron chi connectivity index (χ0n) is 7.90. The van der Waals surface area contributed by atoms with Crippen LogP contribution in [0.1, 0.15) is 24.2 Å². The van der Waals surface area contributed by atoms with Crippen LogP contribution in [-0.4, -0.2) is 22.0 Å². The Morgan fingerprint density at radius 3 is 3.14 bits per heavy atom. The summed E-state index contributed by atoms with van der Waals surface area (Å²) in [5.41, 5.74) is 2.18. The molecule has 0 aliphatic heterocycles. The Bertz CT molecular complexity index is 320. The number of H-pyrrole nitrogens is 1. The molecule has 1 unspecified atom stereocenters. The molecule has 2 rings (SSSR count). The van der Waals surface area contributed by atoms with Gasteiger partial charge in [0.1, 0.15) is 5.69 Å². The van der Waals surface area contributed by atoms with Gasteiger partial charge in [-0.2, -0.15) is 26.7 Å². The summed E-state index contributed by atoms with van der Waals surface area (Å²) in [6.45, 7) is 2.99. The van der Waals surface area contributed by atoms with Crippen molar-refractivity contribution >= 4 is 11.3 Å². The molecule has 0 aliphatic rings. The summed E-state index contributed by atoms with van der Waals surface area (Å²) in [6.07, 6.45) is 1.75. The molecular weight excluding hydrogens is 196 g/mol. The first-order valence-corrected chi connectivity index (χ1v) is 5.47. The van der Waals surface area contributed by atoms with E-state index in [1.807, 2.05) is 0 Å². The van der Waals surface area contributed by atoms with Crippen LogP contribution >= 0.6 is 11.3 Å². The predicted octanol–water partition coefficient (Wildman–Crippen LogP) is 1.57. The van der Waals surface area contributed by atoms with Gasteiger partial charge in [0.15, 0.2) is 0 Å². The standard InChI is InChI=1S/C9H12N4S/c1-2-10-9(7-3-4-14-6-7)8-5-11-13-12-8/h3-6,9-10H,2H2,1H3,(H,11,12,13). The van der Waals surface area contributed by atoms with E-state index in [1.165, 1.54) is 5.56 Å². The van der Waals surface area contributed by atoms with Crippen LogP contribution in [-0.2, 0) is 0 Å². The number of thiophene rings is 1. The maximum absolute atomic E-state index is 4.10. The molecule has 0 aromatic carbocycles. The molecule has 14 heavy (non-hydrogen) atoms. The van der Waals surface area contributed by atoms with Crippen LogP contribution in [0.5, 0.6) is 0 Å². The number of rotatable bonds is 4. The lowest BCUT2D eigenvalue weighted by Gasteiger charge is -2.13. The van der Waals surface area contributed by atoms with E-state index < -0.39 is 0 Å². The first kappa shape index (κ1) is 9.36. The van der Waals surface area contributed by atoms with Crippen molar-refractivity contribution in [3.8, 4) is 0 Å². The van der Waals surface area contributed by atoms with Crippen molar-refractivity contribution in [2.45, 2.75) is 13.0 Å². The minimum absolute atomic E-state index is 0.157. The van der Waals surface area contributed by atoms with E-state index in [0.717, 1.165) is 12.2 Å². The Balaban J connectivity index is 2.25. The summed E-state index contributed by atoms with van der Waals surface area (Å²) >= 11 is 1.69. The summed E-state index contributed by atoms with van der Waals surface area (Å²) < 4.78 is 0. The summed E-state index contributed by atoms with van der Waals surface area (Å²) in [5, 5.41) is 18.1. The van der Waals surface area contributed by atoms with E-state index in [4.69, 9.17) is 0 Å². The van der Waals surface area contributed by atoms with E-state index in [0.29, 0.717) is 0 Å². The van der Waals surface area contributed by atoms with Gasteiger partial charge in [0.05, 0.1) is 12.2 Å². The van der Waals surface area contributed by atoms with Crippen LogP contribution in [0.2, 0.25) is 0 Å². The lowest BCUT2D eigenvalue weighted by molar-refractivity contribution is 0.615. The highest BCUT2D eigenvalue weighted by Crippen LogP contribution is 2.21. The molecule has 74 valence electrons. The topological polar surface area (TPSA) is 53.6 Å². The lowest BCUT2D eigenvalue weighted by Crippen LogP contribution is -2.21. The first-order valence-electron chi connectivity index (χ1n) is 4.53. The number of aromatic amines is 1. The Hall–Kier alpha value is -1.20. The van der Waals surface area contributed by atoms with Gasteiger partial charge in [0.2, 0.25) is 0 Å². The fraction of sp³-hybridized carbons (Fsp3) is 0.333. The predicted molar refractivity (Wildman–Crippen MR) is 56.2 cm³/mol. The van der Waals surface area contributed by atoms with E-state index in [-0.39, 0.29) is 6.04 Å². The molecule has 2 aromatic heterocycles. The van der Waals surface area contributed by atoms with Gasteiger partial charge in [-0.25, -0.2) is 0 Å². The van der Waals surface area contributed by atoms with Gasteiger partial charge >= 0.3 is 0 Å². The van der Waals surface area contributed by atoms with E-state index >= 15 is 0 Å². The molecule has 2 aromatic rings. The van der Waals surface area contributed by atoms with Gasteiger partial charge in [0.25, 0.3) is 0 Å². The first-order chi connectivity index (χ1) is 6.92. The number of hydrogen-bond donors (Lipinski definition) is 2. The zero-order valence-corrected chi connectivity index (χ0v) is 8.71. The highest BCUT2D eigenvalue weighted by molar-refractivity contribution is 7.08. The Labute approximate surface area is 86.4 Å². The molecule has 0 bridgehead atoms. The second-order valence-electron chi connectivity index (χ2n) is 2.94. The number of nitrogens with one attached hydrogen (secondary N) is 2. The van der Waals surface area contributed by atoms with Crippen molar-refractivity contribution in [1.82, 2.24) is 20.7 Å². The largest absolute Gasteiger partial charge is 0.305 e. The highest BCUT2D eigenvalue weighted by Gasteiger charge is 2.15. The second-order valence-corrected chi connectivity index (χ2v) is 3.72. The average molecular weight is 208 g/mol. The van der Waals surface area contributed by atoms with Crippen molar-refractivity contribution in [3.05, 3.63) is 34.3 Å². The van der Waals surface area contributed by atoms with Gasteiger partial charge in [0, 0.05) is 0 Å². The smallest absolute Gasteiger partial charge is 0.104 e. The normalized spacial score (nSPS) is 12.9. The average Bonchev–Trinajstić information content (AvgIpc) is 2.87. The summed E-state index contributed by atoms with van der Waals surface area (Å²) in [6, 6.07) is 2.26. The molecule has 4 nitrogen and oxygen atoms in total. The Morgan fingerprint density at radius 1 is 1.64 bits per heavy atom. The summed E-state index contributed by atoms with van der Waals surface area (Å²) in [7, 11) is 0. The highest BCUT2D eigenvalue weighted by atomic mass is 32.1. The maximum atomic E-state index is 4.10. The minimum Gasteiger partial charge on any atom is -0.305 e. The van der Waals surface area contributed by atoms with Crippen LogP contribution in [0, 0.1) is 0 Å². The molecule has 0 radical (unpaired) electrons. The minimum atomic E-state index is 0.157. The number of aromatic nitrogens is 3. The Kier molecular flexibility index (Phi) is 2.90. The van der Waals surface area contributed by atoms with Crippen molar-refractivity contribution in [1.29, 1.82) is 0 Å². The summed E-state index contributed by atoms with van der Waals surface area (Å²) in [4.78, 5) is 0. The third-order valence-electron chi connectivity index (χ3n) is 2.01. The molecule has 0 aliphatic carbocycles. The number of nitrogens with zero attached hydrogens (tertiary/aromatic N) is 2. The lowest BCUT2D eigenvalue weighted by atomic mass is 10.1. The third-order valence-corrected chi connectivity index (χ3v) is 2.72. The summed E-state index contributed by atoms with van der Waals surface area (Å²) in [5.74, 6) is 0. The van der Waals surface area contributed by atoms with Crippen LogP contribution < -0.4 is 5.32 Å². The van der Waals surface area contributed by atoms with E-state index in [1.54, 1.807) is 17.5 Å². The van der Waals surface area contributed by atoms with Gasteiger partial charge in [-0.1, -0.05) is 6.92 Å². The van der Waals surface area contributed by atoms with Crippen molar-refractivity contribution in [2.75, 3.05) is 6.54 Å². The molecule has 0 spiro atoms. The molecule has 0 fully saturated rings. The van der Waals surface area contributed by atoms with Crippen LogP contribution in [0.15, 0.2) is 23.0 Å². The molecule has 1 atom stereocenters. The van der Waals surface area contributed by atoms with Crippen molar-refractivity contribution in [3.63, 3.8) is 0 Å². The molecular formula is C9H12N4S. The molecule has 2 N–H and O–H groups in total. The zero-order chi connectivity index (χ0) is 9.80. The van der Waals surface area contributed by atoms with Gasteiger partial charge in [-0.05, 0) is 28.9 Å². The molecule has 0 saturated heterocycles. The molecule has 0 saturated carbocycles. The quantitative estimate of drug-likeness (QED) is 0.801. The monoisotopic (exact) mass is 208 g/mol. The van der Waals surface area contributed by atoms with Crippen LogP contribution in [0.3, 0.4) is 0 Å². The Morgan fingerprint density at radius 2 is 2.57 bits per heavy atom. The van der Waals surface area contributed by atoms with Crippen LogP contribution in [0.25, 0.3) is 0 Å². The fourth-order valence-electron chi connectivity index (χ4n) is 1.39. The van der Waals surface area contributed by atoms with E-state index in [2.05, 4.69) is 44.5 Å². The SMILES string of the molecule is CCNC(c1ccsc1)c1cn[nH]n1. The van der Waals surface area contributed by atoms with Gasteiger partial charge < -0.3 is 5.32 Å². The maximum Gasteiger partial charge on any atom is 0.104 e. The second kappa shape index (κ2) is 4.34. The van der Waals surface area contributed by atoms with Crippen molar-refractivity contribution < 1.29 is 0 Å². The van der Waals surface area contributed by atoms with Gasteiger partial charge in [-0.3, -0.25) is 0 Å². The van der Waals surface area contributed by atoms with E-state index in [9.17, 15) is 0 Å². The van der Waals surface area contributed by atoms with Gasteiger partial charge in [-0.15, -0.1) is 0 Å².